The van der Waals surface area contributed by atoms with Gasteiger partial charge < -0.3 is 4.74 Å². The second-order valence-electron chi connectivity index (χ2n) is 11.3. The summed E-state index contributed by atoms with van der Waals surface area (Å²) in [5.74, 6) is -0.289. The number of amides is 2. The van der Waals surface area contributed by atoms with E-state index in [0.29, 0.717) is 25.6 Å². The zero-order valence-corrected chi connectivity index (χ0v) is 21.9. The molecule has 2 aromatic rings. The van der Waals surface area contributed by atoms with Crippen LogP contribution >= 0.6 is 0 Å². The predicted molar refractivity (Wildman–Crippen MR) is 135 cm³/mol. The summed E-state index contributed by atoms with van der Waals surface area (Å²) in [5, 5.41) is 4.50. The summed E-state index contributed by atoms with van der Waals surface area (Å²) in [6.45, 7) is 10.7. The van der Waals surface area contributed by atoms with E-state index in [4.69, 9.17) is 9.57 Å². The lowest BCUT2D eigenvalue weighted by molar-refractivity contribution is -0.166. The van der Waals surface area contributed by atoms with Gasteiger partial charge in [0.15, 0.2) is 0 Å². The number of imidazole rings is 1. The highest BCUT2D eigenvalue weighted by Crippen LogP contribution is 2.33. The van der Waals surface area contributed by atoms with E-state index in [2.05, 4.69) is 42.2 Å². The fourth-order valence-electron chi connectivity index (χ4n) is 5.27. The van der Waals surface area contributed by atoms with E-state index in [0.717, 1.165) is 49.6 Å². The monoisotopic (exact) mass is 500 g/mol. The maximum atomic E-state index is 13.5. The van der Waals surface area contributed by atoms with E-state index in [1.165, 1.54) is 5.56 Å². The summed E-state index contributed by atoms with van der Waals surface area (Å²) in [5.41, 5.74) is 2.60. The third kappa shape index (κ3) is 5.02. The Balaban J connectivity index is 1.38. The van der Waals surface area contributed by atoms with Gasteiger partial charge in [-0.15, -0.1) is 0 Å². The number of carbonyl (C=O) groups excluding carboxylic acids is 2. The van der Waals surface area contributed by atoms with Crippen molar-refractivity contribution in [1.29, 1.82) is 0 Å². The number of nitrogens with one attached hydrogen (secondary N) is 1. The topological polar surface area (TPSA) is 94.8 Å². The van der Waals surface area contributed by atoms with Gasteiger partial charge in [0.2, 0.25) is 11.8 Å². The molecule has 1 aromatic heterocycles. The third-order valence-corrected chi connectivity index (χ3v) is 9.19. The first-order chi connectivity index (χ1) is 16.7. The summed E-state index contributed by atoms with van der Waals surface area (Å²) in [4.78, 5) is 43.8. The molecule has 1 unspecified atom stereocenters. The quantitative estimate of drug-likeness (QED) is 0.464. The molecular weight excluding hydrogens is 464 g/mol. The number of aromatic nitrogens is 2. The lowest BCUT2D eigenvalue weighted by atomic mass is 9.90. The van der Waals surface area contributed by atoms with Gasteiger partial charge in [-0.3, -0.25) is 28.9 Å². The van der Waals surface area contributed by atoms with E-state index in [1.54, 1.807) is 9.13 Å². The van der Waals surface area contributed by atoms with Crippen LogP contribution in [0.3, 0.4) is 0 Å². The molecule has 35 heavy (non-hydrogen) atoms. The van der Waals surface area contributed by atoms with Crippen LogP contribution in [0.15, 0.2) is 23.0 Å². The van der Waals surface area contributed by atoms with Gasteiger partial charge in [-0.2, -0.15) is 5.06 Å². The third-order valence-electron chi connectivity index (χ3n) is 7.49. The Kier molecular flexibility index (Phi) is 6.73. The maximum absolute atomic E-state index is 13.5. The number of carbonyl (C=O) groups is 2. The smallest absolute Gasteiger partial charge is 0.330 e. The Labute approximate surface area is 206 Å². The van der Waals surface area contributed by atoms with Crippen LogP contribution in [0.25, 0.3) is 11.0 Å². The number of piperidine rings is 2. The lowest BCUT2D eigenvalue weighted by Gasteiger charge is -2.32. The molecule has 0 aliphatic carbocycles. The average molecular weight is 501 g/mol. The first-order valence-electron chi connectivity index (χ1n) is 12.8. The molecule has 1 atom stereocenters. The molecule has 1 N–H and O–H groups in total. The van der Waals surface area contributed by atoms with Gasteiger partial charge in [0.25, 0.3) is 0 Å². The number of rotatable bonds is 7. The van der Waals surface area contributed by atoms with Crippen LogP contribution in [0, 0.1) is 0 Å². The largest absolute Gasteiger partial charge is 0.377 e. The Bertz CT molecular complexity index is 1170. The SMILES string of the molecule is C[Si](C)(C)CCON1CCC(c2ccc3c(c2)n(C2COC2)c(=O)n3C2CCC(=O)NC2=O)CC1. The average Bonchev–Trinajstić information content (AvgIpc) is 3.04. The van der Waals surface area contributed by atoms with E-state index in [-0.39, 0.29) is 24.1 Å². The van der Waals surface area contributed by atoms with Crippen LogP contribution in [-0.2, 0) is 19.2 Å². The Hall–Kier alpha value is -2.27. The van der Waals surface area contributed by atoms with Gasteiger partial charge in [-0.1, -0.05) is 25.7 Å². The minimum atomic E-state index is -1.10. The molecule has 10 heteroatoms. The van der Waals surface area contributed by atoms with Crippen molar-refractivity contribution in [3.63, 3.8) is 0 Å². The molecule has 3 aliphatic rings. The Morgan fingerprint density at radius 3 is 2.40 bits per heavy atom. The van der Waals surface area contributed by atoms with Crippen molar-refractivity contribution in [2.45, 2.75) is 69.4 Å². The van der Waals surface area contributed by atoms with Crippen LogP contribution in [0.2, 0.25) is 25.7 Å². The molecule has 0 radical (unpaired) electrons. The van der Waals surface area contributed by atoms with Gasteiger partial charge in [0.05, 0.1) is 36.9 Å². The van der Waals surface area contributed by atoms with E-state index < -0.39 is 20.0 Å². The summed E-state index contributed by atoms with van der Waals surface area (Å²) < 4.78 is 8.75. The molecular formula is C25H36N4O5Si. The molecule has 3 saturated heterocycles. The van der Waals surface area contributed by atoms with Gasteiger partial charge >= 0.3 is 5.69 Å². The number of hydrogen-bond donors (Lipinski definition) is 1. The second kappa shape index (κ2) is 9.65. The van der Waals surface area contributed by atoms with Crippen LogP contribution in [-0.4, -0.2) is 67.0 Å². The molecule has 0 spiro atoms. The second-order valence-corrected chi connectivity index (χ2v) is 16.9. The highest BCUT2D eigenvalue weighted by Gasteiger charge is 2.34. The summed E-state index contributed by atoms with van der Waals surface area (Å²) >= 11 is 0. The first-order valence-corrected chi connectivity index (χ1v) is 16.5. The fraction of sp³-hybridized carbons (Fsp3) is 0.640. The van der Waals surface area contributed by atoms with Crippen molar-refractivity contribution in [2.75, 3.05) is 32.9 Å². The van der Waals surface area contributed by atoms with E-state index in [9.17, 15) is 14.4 Å². The summed E-state index contributed by atoms with van der Waals surface area (Å²) in [6, 6.07) is 6.66. The highest BCUT2D eigenvalue weighted by atomic mass is 28.3. The molecule has 2 amide bonds. The zero-order chi connectivity index (χ0) is 24.7. The molecule has 3 aliphatic heterocycles. The highest BCUT2D eigenvalue weighted by molar-refractivity contribution is 6.76. The number of nitrogens with zero attached hydrogens (tertiary/aromatic N) is 3. The minimum absolute atomic E-state index is 0.0311. The van der Waals surface area contributed by atoms with Gasteiger partial charge in [0, 0.05) is 27.6 Å². The molecule has 3 fully saturated rings. The number of fused-ring (bicyclic) bond motifs is 1. The van der Waals surface area contributed by atoms with Gasteiger partial charge in [-0.25, -0.2) is 4.79 Å². The predicted octanol–water partition coefficient (Wildman–Crippen LogP) is 2.80. The summed E-state index contributed by atoms with van der Waals surface area (Å²) in [6.07, 6.45) is 2.58. The molecule has 1 aromatic carbocycles. The number of hydrogen-bond acceptors (Lipinski definition) is 6. The first kappa shape index (κ1) is 24.4. The van der Waals surface area contributed by atoms with Crippen LogP contribution in [0.1, 0.15) is 49.2 Å². The number of ether oxygens (including phenoxy) is 1. The minimum Gasteiger partial charge on any atom is -0.377 e. The molecule has 0 saturated carbocycles. The number of imide groups is 1. The van der Waals surface area contributed by atoms with Crippen LogP contribution < -0.4 is 11.0 Å². The molecule has 190 valence electrons. The van der Waals surface area contributed by atoms with Crippen molar-refractivity contribution in [2.24, 2.45) is 0 Å². The fourth-order valence-corrected chi connectivity index (χ4v) is 5.97. The molecule has 0 bridgehead atoms. The van der Waals surface area contributed by atoms with Crippen LogP contribution in [0.4, 0.5) is 0 Å². The Morgan fingerprint density at radius 2 is 1.77 bits per heavy atom. The van der Waals surface area contributed by atoms with Crippen molar-refractivity contribution >= 4 is 30.9 Å². The molecule has 9 nitrogen and oxygen atoms in total. The molecule has 4 heterocycles. The van der Waals surface area contributed by atoms with E-state index >= 15 is 0 Å². The van der Waals surface area contributed by atoms with E-state index in [1.807, 2.05) is 6.07 Å². The zero-order valence-electron chi connectivity index (χ0n) is 20.9. The van der Waals surface area contributed by atoms with Crippen molar-refractivity contribution < 1.29 is 19.2 Å². The maximum Gasteiger partial charge on any atom is 0.330 e. The summed E-state index contributed by atoms with van der Waals surface area (Å²) in [7, 11) is -1.10. The number of benzene rings is 1. The lowest BCUT2D eigenvalue weighted by Crippen LogP contribution is -2.45. The standard InChI is InChI=1S/C25H36N4O5Si/c1-35(2,3)13-12-34-27-10-8-17(9-11-27)18-4-5-20-22(14-18)28(19-15-33-16-19)25(32)29(20)21-6-7-23(30)26-24(21)31/h4-5,14,17,19,21H,6-13,15-16H2,1-3H3,(H,26,30,31). The van der Waals surface area contributed by atoms with Crippen LogP contribution in [0.5, 0.6) is 0 Å². The molecule has 5 rings (SSSR count). The Morgan fingerprint density at radius 1 is 1.03 bits per heavy atom. The number of hydroxylamine groups is 2. The van der Waals surface area contributed by atoms with Crippen molar-refractivity contribution in [1.82, 2.24) is 19.5 Å². The normalized spacial score (nSPS) is 23.0. The van der Waals surface area contributed by atoms with Gasteiger partial charge in [0.1, 0.15) is 6.04 Å². The van der Waals surface area contributed by atoms with Gasteiger partial charge in [-0.05, 0) is 48.9 Å². The van der Waals surface area contributed by atoms with Crippen molar-refractivity contribution in [3.8, 4) is 0 Å². The van der Waals surface area contributed by atoms with Crippen molar-refractivity contribution in [3.05, 3.63) is 34.2 Å².